The number of nitrogens with zero attached hydrogens (tertiary/aromatic N) is 1. The molecule has 0 spiro atoms. The first kappa shape index (κ1) is 19.5. The van der Waals surface area contributed by atoms with Crippen LogP contribution in [0.5, 0.6) is 0 Å². The van der Waals surface area contributed by atoms with Crippen molar-refractivity contribution in [2.45, 2.75) is 38.1 Å². The predicted octanol–water partition coefficient (Wildman–Crippen LogP) is 3.56. The molecule has 4 heteroatoms. The third kappa shape index (κ3) is 4.83. The van der Waals surface area contributed by atoms with E-state index in [1.54, 1.807) is 0 Å². The van der Waals surface area contributed by atoms with Gasteiger partial charge in [-0.3, -0.25) is 4.79 Å². The molecule has 0 radical (unpaired) electrons. The van der Waals surface area contributed by atoms with Crippen LogP contribution in [0, 0.1) is 0 Å². The SMILES string of the molecule is CCc1ccc(CCC(=O)N2C[C@@H](N)[C@H](c3ccccc3)C2)cc1.Cl. The number of hydrogen-bond acceptors (Lipinski definition) is 2. The summed E-state index contributed by atoms with van der Waals surface area (Å²) in [4.78, 5) is 14.5. The fraction of sp³-hybridized carbons (Fsp3) is 0.381. The standard InChI is InChI=1S/C21H26N2O.ClH/c1-2-16-8-10-17(11-9-16)12-13-21(24)23-14-19(20(22)15-23)18-6-4-3-5-7-18;/h3-11,19-20H,2,12-15,22H2,1H3;1H/t19-,20+;/m0./s1. The minimum absolute atomic E-state index is 0. The van der Waals surface area contributed by atoms with Crippen molar-refractivity contribution >= 4 is 18.3 Å². The summed E-state index contributed by atoms with van der Waals surface area (Å²) >= 11 is 0. The molecule has 1 heterocycles. The Hall–Kier alpha value is -1.84. The van der Waals surface area contributed by atoms with Crippen molar-refractivity contribution in [2.24, 2.45) is 5.73 Å². The number of carbonyl (C=O) groups is 1. The lowest BCUT2D eigenvalue weighted by Crippen LogP contribution is -2.32. The maximum atomic E-state index is 12.5. The Morgan fingerprint density at radius 1 is 1.04 bits per heavy atom. The monoisotopic (exact) mass is 358 g/mol. The molecule has 0 bridgehead atoms. The van der Waals surface area contributed by atoms with Gasteiger partial charge in [-0.1, -0.05) is 61.5 Å². The van der Waals surface area contributed by atoms with Crippen molar-refractivity contribution in [1.29, 1.82) is 0 Å². The van der Waals surface area contributed by atoms with E-state index in [0.29, 0.717) is 13.0 Å². The first-order valence-electron chi connectivity index (χ1n) is 8.83. The highest BCUT2D eigenvalue weighted by molar-refractivity contribution is 5.85. The van der Waals surface area contributed by atoms with Gasteiger partial charge in [0.05, 0.1) is 0 Å². The summed E-state index contributed by atoms with van der Waals surface area (Å²) in [6.45, 7) is 3.55. The molecule has 0 aliphatic carbocycles. The maximum Gasteiger partial charge on any atom is 0.222 e. The van der Waals surface area contributed by atoms with E-state index in [1.807, 2.05) is 23.1 Å². The summed E-state index contributed by atoms with van der Waals surface area (Å²) < 4.78 is 0. The van der Waals surface area contributed by atoms with Gasteiger partial charge in [-0.2, -0.15) is 0 Å². The first-order valence-corrected chi connectivity index (χ1v) is 8.83. The lowest BCUT2D eigenvalue weighted by atomic mass is 9.95. The van der Waals surface area contributed by atoms with E-state index in [9.17, 15) is 4.79 Å². The summed E-state index contributed by atoms with van der Waals surface area (Å²) in [7, 11) is 0. The van der Waals surface area contributed by atoms with Crippen LogP contribution < -0.4 is 5.73 Å². The normalized spacial score (nSPS) is 19.5. The molecule has 2 aromatic carbocycles. The van der Waals surface area contributed by atoms with Crippen molar-refractivity contribution in [3.05, 3.63) is 71.3 Å². The molecular weight excluding hydrogens is 332 g/mol. The highest BCUT2D eigenvalue weighted by atomic mass is 35.5. The minimum Gasteiger partial charge on any atom is -0.340 e. The van der Waals surface area contributed by atoms with Gasteiger partial charge in [-0.05, 0) is 29.5 Å². The van der Waals surface area contributed by atoms with Crippen molar-refractivity contribution in [3.8, 4) is 0 Å². The number of likely N-dealkylation sites (tertiary alicyclic amines) is 1. The van der Waals surface area contributed by atoms with Gasteiger partial charge in [0.2, 0.25) is 5.91 Å². The number of halogens is 1. The lowest BCUT2D eigenvalue weighted by Gasteiger charge is -2.16. The maximum absolute atomic E-state index is 12.5. The van der Waals surface area contributed by atoms with Crippen LogP contribution in [0.4, 0.5) is 0 Å². The van der Waals surface area contributed by atoms with Crippen LogP contribution in [0.2, 0.25) is 0 Å². The Kier molecular flexibility index (Phi) is 7.03. The number of aryl methyl sites for hydroxylation is 2. The van der Waals surface area contributed by atoms with Crippen molar-refractivity contribution in [2.75, 3.05) is 13.1 Å². The summed E-state index contributed by atoms with van der Waals surface area (Å²) in [5.41, 5.74) is 10.1. The van der Waals surface area contributed by atoms with Gasteiger partial charge in [0.1, 0.15) is 0 Å². The summed E-state index contributed by atoms with van der Waals surface area (Å²) in [5.74, 6) is 0.461. The van der Waals surface area contributed by atoms with E-state index in [0.717, 1.165) is 19.4 Å². The molecule has 3 rings (SSSR count). The van der Waals surface area contributed by atoms with Crippen LogP contribution in [-0.2, 0) is 17.6 Å². The van der Waals surface area contributed by atoms with Crippen LogP contribution in [0.15, 0.2) is 54.6 Å². The average Bonchev–Trinajstić information content (AvgIpc) is 3.02. The molecule has 2 atom stereocenters. The number of carbonyl (C=O) groups excluding carboxylic acids is 1. The first-order chi connectivity index (χ1) is 11.7. The highest BCUT2D eigenvalue weighted by Crippen LogP contribution is 2.26. The van der Waals surface area contributed by atoms with E-state index >= 15 is 0 Å². The van der Waals surface area contributed by atoms with Gasteiger partial charge in [-0.25, -0.2) is 0 Å². The van der Waals surface area contributed by atoms with Crippen LogP contribution >= 0.6 is 12.4 Å². The van der Waals surface area contributed by atoms with Gasteiger partial charge in [-0.15, -0.1) is 12.4 Å². The Labute approximate surface area is 156 Å². The Morgan fingerprint density at radius 2 is 1.68 bits per heavy atom. The Bertz CT molecular complexity index is 672. The van der Waals surface area contributed by atoms with Crippen molar-refractivity contribution < 1.29 is 4.79 Å². The van der Waals surface area contributed by atoms with Crippen LogP contribution in [0.1, 0.15) is 36.0 Å². The molecule has 2 aromatic rings. The zero-order valence-corrected chi connectivity index (χ0v) is 15.5. The van der Waals surface area contributed by atoms with Crippen molar-refractivity contribution in [1.82, 2.24) is 4.90 Å². The fourth-order valence-corrected chi connectivity index (χ4v) is 3.44. The van der Waals surface area contributed by atoms with E-state index in [4.69, 9.17) is 5.73 Å². The molecule has 134 valence electrons. The summed E-state index contributed by atoms with van der Waals surface area (Å²) in [5, 5.41) is 0. The third-order valence-electron chi connectivity index (χ3n) is 5.00. The van der Waals surface area contributed by atoms with Gasteiger partial charge in [0.15, 0.2) is 0 Å². The van der Waals surface area contributed by atoms with Gasteiger partial charge >= 0.3 is 0 Å². The van der Waals surface area contributed by atoms with Crippen LogP contribution in [-0.4, -0.2) is 29.9 Å². The summed E-state index contributed by atoms with van der Waals surface area (Å²) in [6, 6.07) is 18.9. The van der Waals surface area contributed by atoms with Crippen molar-refractivity contribution in [3.63, 3.8) is 0 Å². The number of benzene rings is 2. The lowest BCUT2D eigenvalue weighted by molar-refractivity contribution is -0.130. The van der Waals surface area contributed by atoms with Gasteiger partial charge in [0.25, 0.3) is 0 Å². The summed E-state index contributed by atoms with van der Waals surface area (Å²) in [6.07, 6.45) is 2.40. The van der Waals surface area contributed by atoms with E-state index in [2.05, 4.69) is 43.3 Å². The predicted molar refractivity (Wildman–Crippen MR) is 105 cm³/mol. The molecule has 0 aromatic heterocycles. The second-order valence-corrected chi connectivity index (χ2v) is 6.65. The van der Waals surface area contributed by atoms with E-state index in [1.165, 1.54) is 16.7 Å². The molecule has 1 saturated heterocycles. The molecule has 1 aliphatic heterocycles. The van der Waals surface area contributed by atoms with Gasteiger partial charge < -0.3 is 10.6 Å². The quantitative estimate of drug-likeness (QED) is 0.888. The van der Waals surface area contributed by atoms with E-state index in [-0.39, 0.29) is 30.3 Å². The molecule has 0 saturated carbocycles. The molecular formula is C21H27ClN2O. The molecule has 0 unspecified atom stereocenters. The average molecular weight is 359 g/mol. The molecule has 1 aliphatic rings. The largest absolute Gasteiger partial charge is 0.340 e. The topological polar surface area (TPSA) is 46.3 Å². The van der Waals surface area contributed by atoms with E-state index < -0.39 is 0 Å². The molecule has 1 fully saturated rings. The zero-order chi connectivity index (χ0) is 16.9. The van der Waals surface area contributed by atoms with Crippen LogP contribution in [0.3, 0.4) is 0 Å². The number of hydrogen-bond donors (Lipinski definition) is 1. The number of nitrogens with two attached hydrogens (primary N) is 1. The smallest absolute Gasteiger partial charge is 0.222 e. The number of amides is 1. The molecule has 2 N–H and O–H groups in total. The molecule has 3 nitrogen and oxygen atoms in total. The Morgan fingerprint density at radius 3 is 2.32 bits per heavy atom. The zero-order valence-electron chi connectivity index (χ0n) is 14.7. The molecule has 1 amide bonds. The fourth-order valence-electron chi connectivity index (χ4n) is 3.44. The third-order valence-corrected chi connectivity index (χ3v) is 5.00. The minimum atomic E-state index is 0. The van der Waals surface area contributed by atoms with Gasteiger partial charge in [0, 0.05) is 31.5 Å². The van der Waals surface area contributed by atoms with Crippen LogP contribution in [0.25, 0.3) is 0 Å². The number of rotatable bonds is 5. The second-order valence-electron chi connectivity index (χ2n) is 6.65. The molecule has 25 heavy (non-hydrogen) atoms. The Balaban J connectivity index is 0.00000225. The highest BCUT2D eigenvalue weighted by Gasteiger charge is 2.33. The second kappa shape index (κ2) is 9.02.